The number of ether oxygens (including phenoxy) is 2. The molecule has 0 bridgehead atoms. The number of esters is 2. The van der Waals surface area contributed by atoms with Crippen LogP contribution in [-0.4, -0.2) is 46.5 Å². The first-order chi connectivity index (χ1) is 13.3. The first kappa shape index (κ1) is 21.1. The van der Waals surface area contributed by atoms with E-state index in [1.165, 1.54) is 23.5 Å². The first-order valence-corrected chi connectivity index (χ1v) is 11.1. The van der Waals surface area contributed by atoms with E-state index in [4.69, 9.17) is 9.47 Å². The molecule has 2 aliphatic heterocycles. The van der Waals surface area contributed by atoms with E-state index in [-0.39, 0.29) is 17.6 Å². The molecule has 28 heavy (non-hydrogen) atoms. The number of benzene rings is 1. The SMILES string of the molecule is CCOC(=O)C1=NN(c2ccc(Br)cc2)[C@]2(S1)SC(C(=O)OCC)=C(C)N2C. The molecule has 2 aliphatic rings. The number of rotatable bonds is 5. The van der Waals surface area contributed by atoms with E-state index in [0.717, 1.165) is 15.9 Å². The lowest BCUT2D eigenvalue weighted by molar-refractivity contribution is -0.137. The molecule has 0 saturated carbocycles. The zero-order valence-electron chi connectivity index (χ0n) is 15.9. The highest BCUT2D eigenvalue weighted by Gasteiger charge is 2.56. The summed E-state index contributed by atoms with van der Waals surface area (Å²) in [4.78, 5) is 27.3. The number of hydrazone groups is 1. The molecule has 0 aliphatic carbocycles. The Morgan fingerprint density at radius 2 is 1.71 bits per heavy atom. The van der Waals surface area contributed by atoms with Gasteiger partial charge in [-0.3, -0.25) is 0 Å². The second kappa shape index (κ2) is 8.38. The van der Waals surface area contributed by atoms with E-state index in [1.807, 2.05) is 43.1 Å². The van der Waals surface area contributed by atoms with Gasteiger partial charge in [0.2, 0.25) is 9.37 Å². The topological polar surface area (TPSA) is 71.4 Å². The van der Waals surface area contributed by atoms with Gasteiger partial charge in [0, 0.05) is 17.2 Å². The average Bonchev–Trinajstić information content (AvgIpc) is 3.17. The van der Waals surface area contributed by atoms with Crippen molar-refractivity contribution >= 4 is 62.1 Å². The van der Waals surface area contributed by atoms with E-state index < -0.39 is 10.3 Å². The minimum absolute atomic E-state index is 0.238. The fourth-order valence-corrected chi connectivity index (χ4v) is 5.86. The van der Waals surface area contributed by atoms with Crippen LogP contribution in [0.4, 0.5) is 5.69 Å². The Bertz CT molecular complexity index is 859. The number of thioether (sulfide) groups is 2. The quantitative estimate of drug-likeness (QED) is 0.580. The van der Waals surface area contributed by atoms with Crippen LogP contribution in [0.5, 0.6) is 0 Å². The number of hydrogen-bond donors (Lipinski definition) is 0. The zero-order chi connectivity index (χ0) is 20.5. The van der Waals surface area contributed by atoms with Crippen LogP contribution in [0.3, 0.4) is 0 Å². The van der Waals surface area contributed by atoms with Crippen molar-refractivity contribution in [3.8, 4) is 0 Å². The largest absolute Gasteiger partial charge is 0.462 e. The lowest BCUT2D eigenvalue weighted by Crippen LogP contribution is -2.47. The van der Waals surface area contributed by atoms with Gasteiger partial charge in [0.15, 0.2) is 0 Å². The highest BCUT2D eigenvalue weighted by molar-refractivity contribution is 9.10. The van der Waals surface area contributed by atoms with Crippen LogP contribution in [0.25, 0.3) is 0 Å². The Morgan fingerprint density at radius 1 is 1.11 bits per heavy atom. The molecule has 10 heteroatoms. The summed E-state index contributed by atoms with van der Waals surface area (Å²) in [6.07, 6.45) is 0. The maximum absolute atomic E-state index is 12.5. The molecule has 7 nitrogen and oxygen atoms in total. The van der Waals surface area contributed by atoms with E-state index in [9.17, 15) is 9.59 Å². The lowest BCUT2D eigenvalue weighted by Gasteiger charge is -2.39. The Balaban J connectivity index is 2.02. The van der Waals surface area contributed by atoms with Gasteiger partial charge < -0.3 is 14.4 Å². The average molecular weight is 486 g/mol. The molecule has 0 amide bonds. The summed E-state index contributed by atoms with van der Waals surface area (Å²) in [6, 6.07) is 7.60. The number of anilines is 1. The molecule has 1 aromatic rings. The minimum Gasteiger partial charge on any atom is -0.462 e. The number of halogens is 1. The Kier molecular flexibility index (Phi) is 6.31. The monoisotopic (exact) mass is 485 g/mol. The van der Waals surface area contributed by atoms with Crippen molar-refractivity contribution in [3.63, 3.8) is 0 Å². The number of allylic oxidation sites excluding steroid dienone is 1. The Labute approximate surface area is 180 Å². The third kappa shape index (κ3) is 3.65. The van der Waals surface area contributed by atoms with Crippen LogP contribution in [0, 0.1) is 0 Å². The first-order valence-electron chi connectivity index (χ1n) is 8.65. The molecule has 3 rings (SSSR count). The van der Waals surface area contributed by atoms with Crippen molar-refractivity contribution in [3.05, 3.63) is 39.3 Å². The van der Waals surface area contributed by atoms with E-state index in [0.29, 0.717) is 11.5 Å². The summed E-state index contributed by atoms with van der Waals surface area (Å²) in [6.45, 7) is 5.93. The summed E-state index contributed by atoms with van der Waals surface area (Å²) in [5.74, 6) is -0.864. The smallest absolute Gasteiger partial charge is 0.365 e. The van der Waals surface area contributed by atoms with Gasteiger partial charge in [-0.15, -0.1) is 0 Å². The molecular weight excluding hydrogens is 466 g/mol. The molecule has 0 N–H and O–H groups in total. The summed E-state index contributed by atoms with van der Waals surface area (Å²) in [7, 11) is 1.87. The number of hydrogen-bond acceptors (Lipinski definition) is 9. The van der Waals surface area contributed by atoms with Crippen LogP contribution in [0.1, 0.15) is 20.8 Å². The lowest BCUT2D eigenvalue weighted by atomic mass is 10.3. The third-order valence-corrected chi connectivity index (χ3v) is 7.72. The highest BCUT2D eigenvalue weighted by Crippen LogP contribution is 2.58. The van der Waals surface area contributed by atoms with Crippen LogP contribution in [-0.2, 0) is 19.1 Å². The van der Waals surface area contributed by atoms with Crippen molar-refractivity contribution in [2.24, 2.45) is 5.10 Å². The van der Waals surface area contributed by atoms with Crippen LogP contribution in [0.2, 0.25) is 0 Å². The van der Waals surface area contributed by atoms with Gasteiger partial charge in [-0.05, 0) is 56.8 Å². The summed E-state index contributed by atoms with van der Waals surface area (Å²) in [5.41, 5.74) is 1.55. The van der Waals surface area contributed by atoms with Gasteiger partial charge in [0.1, 0.15) is 4.91 Å². The minimum atomic E-state index is -0.859. The molecular formula is C18H20BrN3O4S2. The predicted octanol–water partition coefficient (Wildman–Crippen LogP) is 3.96. The number of nitrogens with zero attached hydrogens (tertiary/aromatic N) is 3. The fraction of sp³-hybridized carbons (Fsp3) is 0.389. The summed E-state index contributed by atoms with van der Waals surface area (Å²) in [5, 5.41) is 6.53. The molecule has 1 atom stereocenters. The van der Waals surface area contributed by atoms with E-state index in [1.54, 1.807) is 18.9 Å². The number of carbonyl (C=O) groups is 2. The molecule has 1 aromatic carbocycles. The van der Waals surface area contributed by atoms with E-state index in [2.05, 4.69) is 21.0 Å². The van der Waals surface area contributed by atoms with Crippen LogP contribution < -0.4 is 5.01 Å². The standard InChI is InChI=1S/C18H20BrN3O4S2/c1-5-25-16(23)14-11(3)21(4)18(27-14)22(13-9-7-12(19)8-10-13)20-15(28-18)17(24)26-6-2/h7-10H,5-6H2,1-4H3/t18-/m0/s1. The van der Waals surface area contributed by atoms with Gasteiger partial charge in [-0.1, -0.05) is 27.7 Å². The molecule has 0 radical (unpaired) electrons. The number of carbonyl (C=O) groups excluding carboxylic acids is 2. The van der Waals surface area contributed by atoms with Gasteiger partial charge in [-0.25, -0.2) is 14.6 Å². The van der Waals surface area contributed by atoms with Gasteiger partial charge in [0.25, 0.3) is 0 Å². The van der Waals surface area contributed by atoms with Gasteiger partial charge in [-0.2, -0.15) is 5.10 Å². The maximum Gasteiger partial charge on any atom is 0.365 e. The molecule has 1 spiro atoms. The summed E-state index contributed by atoms with van der Waals surface area (Å²) < 4.78 is 10.4. The molecule has 0 unspecified atom stereocenters. The van der Waals surface area contributed by atoms with Gasteiger partial charge in [0.05, 0.1) is 18.9 Å². The Morgan fingerprint density at radius 3 is 2.32 bits per heavy atom. The predicted molar refractivity (Wildman–Crippen MR) is 116 cm³/mol. The second-order valence-corrected chi connectivity index (χ2v) is 9.38. The molecule has 0 saturated heterocycles. The highest BCUT2D eigenvalue weighted by atomic mass is 79.9. The third-order valence-electron chi connectivity index (χ3n) is 4.16. The van der Waals surface area contributed by atoms with E-state index >= 15 is 0 Å². The second-order valence-electron chi connectivity index (χ2n) is 5.86. The van der Waals surface area contributed by atoms with Crippen molar-refractivity contribution in [2.45, 2.75) is 25.1 Å². The molecule has 2 heterocycles. The van der Waals surface area contributed by atoms with Crippen LogP contribution >= 0.6 is 39.5 Å². The zero-order valence-corrected chi connectivity index (χ0v) is 19.1. The normalized spacial score (nSPS) is 21.4. The van der Waals surface area contributed by atoms with Crippen molar-refractivity contribution < 1.29 is 19.1 Å². The Hall–Kier alpha value is -1.65. The fourth-order valence-electron chi connectivity index (χ4n) is 2.72. The molecule has 0 fully saturated rings. The van der Waals surface area contributed by atoms with Crippen LogP contribution in [0.15, 0.2) is 44.4 Å². The summed E-state index contributed by atoms with van der Waals surface area (Å²) >= 11 is 6.01. The maximum atomic E-state index is 12.5. The van der Waals surface area contributed by atoms with Gasteiger partial charge >= 0.3 is 11.9 Å². The van der Waals surface area contributed by atoms with Crippen molar-refractivity contribution in [1.82, 2.24) is 4.90 Å². The van der Waals surface area contributed by atoms with Crippen molar-refractivity contribution in [1.29, 1.82) is 0 Å². The molecule has 150 valence electrons. The molecule has 0 aromatic heterocycles. The van der Waals surface area contributed by atoms with Crippen molar-refractivity contribution in [2.75, 3.05) is 25.3 Å².